The molecule has 0 spiro atoms. The Bertz CT molecular complexity index is 206. The summed E-state index contributed by atoms with van der Waals surface area (Å²) in [7, 11) is 0. The number of carbonyl (C=O) groups is 2. The van der Waals surface area contributed by atoms with Gasteiger partial charge in [0.05, 0.1) is 0 Å². The van der Waals surface area contributed by atoms with Gasteiger partial charge in [-0.05, 0) is 6.92 Å². The van der Waals surface area contributed by atoms with Crippen molar-refractivity contribution in [2.45, 2.75) is 13.3 Å². The first-order chi connectivity index (χ1) is 5.09. The van der Waals surface area contributed by atoms with Crippen LogP contribution < -0.4 is 0 Å². The Labute approximate surface area is 63.8 Å². The lowest BCUT2D eigenvalue weighted by Gasteiger charge is -2.00. The van der Waals surface area contributed by atoms with Crippen molar-refractivity contribution in [1.82, 2.24) is 0 Å². The molecule has 0 heterocycles. The molecule has 0 unspecified atom stereocenters. The summed E-state index contributed by atoms with van der Waals surface area (Å²) < 4.78 is 0. The van der Waals surface area contributed by atoms with Gasteiger partial charge in [-0.3, -0.25) is 9.59 Å². The predicted molar refractivity (Wildman–Crippen MR) is 36.8 cm³/mol. The van der Waals surface area contributed by atoms with Crippen molar-refractivity contribution in [2.75, 3.05) is 0 Å². The molecule has 0 aromatic rings. The molecule has 11 heavy (non-hydrogen) atoms. The van der Waals surface area contributed by atoms with Crippen molar-refractivity contribution in [3.05, 3.63) is 0 Å². The first kappa shape index (κ1) is 9.50. The van der Waals surface area contributed by atoms with E-state index in [1.54, 1.807) is 0 Å². The van der Waals surface area contributed by atoms with Crippen LogP contribution in [0.2, 0.25) is 0 Å². The molecule has 0 atom stereocenters. The Morgan fingerprint density at radius 1 is 1.36 bits per heavy atom. The molecule has 0 saturated carbocycles. The molecule has 2 N–H and O–H groups in total. The normalized spacial score (nSPS) is 8.55. The summed E-state index contributed by atoms with van der Waals surface area (Å²) in [6.07, 6.45) is -0.138. The fraction of sp³-hybridized carbons (Fsp3) is 0.429. The van der Waals surface area contributed by atoms with Crippen LogP contribution in [0.25, 0.3) is 0 Å². The van der Waals surface area contributed by atoms with Crippen molar-refractivity contribution in [2.24, 2.45) is 5.92 Å². The molecule has 0 aromatic heterocycles. The highest BCUT2D eigenvalue weighted by Crippen LogP contribution is 2.01. The van der Waals surface area contributed by atoms with Gasteiger partial charge < -0.3 is 10.2 Å². The Kier molecular flexibility index (Phi) is 3.75. The topological polar surface area (TPSA) is 74.6 Å². The molecule has 0 aliphatic carbocycles. The number of carboxylic acid groups (broad SMARTS) is 2. The summed E-state index contributed by atoms with van der Waals surface area (Å²) in [5, 5.41) is 16.6. The zero-order valence-electron chi connectivity index (χ0n) is 6.00. The predicted octanol–water partition coefficient (Wildman–Crippen LogP) is 0.185. The molecule has 0 amide bonds. The molecule has 4 heteroatoms. The average molecular weight is 156 g/mol. The van der Waals surface area contributed by atoms with E-state index in [0.717, 1.165) is 0 Å². The van der Waals surface area contributed by atoms with Gasteiger partial charge in [-0.25, -0.2) is 0 Å². The highest BCUT2D eigenvalue weighted by molar-refractivity contribution is 5.93. The molecule has 60 valence electrons. The maximum absolute atomic E-state index is 10.2. The molecule has 0 radical (unpaired) electrons. The molecular weight excluding hydrogens is 148 g/mol. The van der Waals surface area contributed by atoms with E-state index in [1.165, 1.54) is 6.92 Å². The molecule has 0 saturated heterocycles. The third kappa shape index (κ3) is 3.26. The summed E-state index contributed by atoms with van der Waals surface area (Å²) in [6.45, 7) is 1.53. The van der Waals surface area contributed by atoms with Crippen molar-refractivity contribution in [1.29, 1.82) is 0 Å². The van der Waals surface area contributed by atoms with E-state index in [0.29, 0.717) is 0 Å². The van der Waals surface area contributed by atoms with Crippen molar-refractivity contribution in [3.8, 4) is 11.8 Å². The molecule has 0 bridgehead atoms. The van der Waals surface area contributed by atoms with Crippen LogP contribution in [0.1, 0.15) is 13.3 Å². The molecule has 0 aliphatic rings. The Hall–Kier alpha value is -1.50. The summed E-state index contributed by atoms with van der Waals surface area (Å²) in [6, 6.07) is 0. The van der Waals surface area contributed by atoms with E-state index < -0.39 is 17.9 Å². The zero-order chi connectivity index (χ0) is 8.85. The van der Waals surface area contributed by atoms with Crippen LogP contribution in [0.3, 0.4) is 0 Å². The highest BCUT2D eigenvalue weighted by atomic mass is 16.4. The average Bonchev–Trinajstić information content (AvgIpc) is 1.87. The second-order valence-corrected chi connectivity index (χ2v) is 1.86. The van der Waals surface area contributed by atoms with Crippen LogP contribution in [0.15, 0.2) is 0 Å². The third-order valence-electron chi connectivity index (χ3n) is 1.08. The summed E-state index contributed by atoms with van der Waals surface area (Å²) in [5.74, 6) is 0.736. The minimum Gasteiger partial charge on any atom is -0.481 e. The van der Waals surface area contributed by atoms with Gasteiger partial charge in [-0.15, -0.1) is 11.8 Å². The van der Waals surface area contributed by atoms with E-state index in [-0.39, 0.29) is 6.42 Å². The van der Waals surface area contributed by atoms with Crippen LogP contribution in [0, 0.1) is 17.8 Å². The smallest absolute Gasteiger partial charge is 0.318 e. The lowest BCUT2D eigenvalue weighted by atomic mass is 10.1. The first-order valence-corrected chi connectivity index (χ1v) is 2.94. The maximum atomic E-state index is 10.2. The standard InChI is InChI=1S/C7H8O4/c1-2-3-4-5(6(8)9)7(10)11/h5H,4H2,1H3,(H,8,9)(H,10,11). The molecule has 0 rings (SSSR count). The molecule has 4 nitrogen and oxygen atoms in total. The van der Waals surface area contributed by atoms with Crippen molar-refractivity contribution < 1.29 is 19.8 Å². The molecule has 0 aromatic carbocycles. The van der Waals surface area contributed by atoms with Gasteiger partial charge in [0.1, 0.15) is 0 Å². The van der Waals surface area contributed by atoms with Crippen LogP contribution in [-0.4, -0.2) is 22.2 Å². The largest absolute Gasteiger partial charge is 0.481 e. The second kappa shape index (κ2) is 4.34. The number of rotatable bonds is 3. The first-order valence-electron chi connectivity index (χ1n) is 2.94. The summed E-state index contributed by atoms with van der Waals surface area (Å²) in [5.41, 5.74) is 0. The van der Waals surface area contributed by atoms with Gasteiger partial charge in [0.25, 0.3) is 0 Å². The highest BCUT2D eigenvalue weighted by Gasteiger charge is 2.23. The fourth-order valence-electron chi connectivity index (χ4n) is 0.484. The SMILES string of the molecule is CC#CCC(C(=O)O)C(=O)O. The van der Waals surface area contributed by atoms with E-state index >= 15 is 0 Å². The van der Waals surface area contributed by atoms with Gasteiger partial charge in [-0.2, -0.15) is 0 Å². The number of hydrogen-bond donors (Lipinski definition) is 2. The fourth-order valence-corrected chi connectivity index (χ4v) is 0.484. The Morgan fingerprint density at radius 3 is 2.09 bits per heavy atom. The maximum Gasteiger partial charge on any atom is 0.318 e. The summed E-state index contributed by atoms with van der Waals surface area (Å²) >= 11 is 0. The van der Waals surface area contributed by atoms with E-state index in [9.17, 15) is 9.59 Å². The number of hydrogen-bond acceptors (Lipinski definition) is 2. The van der Waals surface area contributed by atoms with Crippen LogP contribution >= 0.6 is 0 Å². The monoisotopic (exact) mass is 156 g/mol. The number of aliphatic carboxylic acids is 2. The molecule has 0 aliphatic heterocycles. The van der Waals surface area contributed by atoms with E-state index in [1.807, 2.05) is 0 Å². The van der Waals surface area contributed by atoms with E-state index in [4.69, 9.17) is 10.2 Å². The van der Waals surface area contributed by atoms with Crippen molar-refractivity contribution >= 4 is 11.9 Å². The Balaban J connectivity index is 4.19. The second-order valence-electron chi connectivity index (χ2n) is 1.86. The van der Waals surface area contributed by atoms with Gasteiger partial charge in [0.15, 0.2) is 5.92 Å². The lowest BCUT2D eigenvalue weighted by molar-refractivity contribution is -0.154. The van der Waals surface area contributed by atoms with Gasteiger partial charge in [0.2, 0.25) is 0 Å². The Morgan fingerprint density at radius 2 is 1.82 bits per heavy atom. The van der Waals surface area contributed by atoms with Crippen LogP contribution in [0.5, 0.6) is 0 Å². The zero-order valence-corrected chi connectivity index (χ0v) is 6.00. The summed E-state index contributed by atoms with van der Waals surface area (Å²) in [4.78, 5) is 20.4. The third-order valence-corrected chi connectivity index (χ3v) is 1.08. The van der Waals surface area contributed by atoms with Gasteiger partial charge >= 0.3 is 11.9 Å². The van der Waals surface area contributed by atoms with Gasteiger partial charge in [0, 0.05) is 6.42 Å². The minimum atomic E-state index is -1.40. The van der Waals surface area contributed by atoms with Crippen LogP contribution in [-0.2, 0) is 9.59 Å². The van der Waals surface area contributed by atoms with E-state index in [2.05, 4.69) is 11.8 Å². The quantitative estimate of drug-likeness (QED) is 0.451. The van der Waals surface area contributed by atoms with Crippen LogP contribution in [0.4, 0.5) is 0 Å². The lowest BCUT2D eigenvalue weighted by Crippen LogP contribution is -2.22. The van der Waals surface area contributed by atoms with Crippen molar-refractivity contribution in [3.63, 3.8) is 0 Å². The molecular formula is C7H8O4. The molecule has 0 fully saturated rings. The number of carboxylic acids is 2. The minimum absolute atomic E-state index is 0.138. The van der Waals surface area contributed by atoms with Gasteiger partial charge in [-0.1, -0.05) is 0 Å².